The summed E-state index contributed by atoms with van der Waals surface area (Å²) in [4.78, 5) is 25.1. The molecule has 0 saturated carbocycles. The Hall–Kier alpha value is -2.63. The van der Waals surface area contributed by atoms with Crippen molar-refractivity contribution in [3.63, 3.8) is 0 Å². The second kappa shape index (κ2) is 7.29. The van der Waals surface area contributed by atoms with Gasteiger partial charge in [0.25, 0.3) is 5.91 Å². The third-order valence-corrected chi connectivity index (χ3v) is 4.26. The molecular weight excluding hydrogens is 302 g/mol. The minimum absolute atomic E-state index is 0.0617. The molecule has 2 aromatic heterocycles. The predicted octanol–water partition coefficient (Wildman–Crippen LogP) is 2.26. The van der Waals surface area contributed by atoms with Crippen molar-refractivity contribution in [2.24, 2.45) is 0 Å². The van der Waals surface area contributed by atoms with Crippen molar-refractivity contribution in [3.05, 3.63) is 48.4 Å². The van der Waals surface area contributed by atoms with Crippen LogP contribution in [0.2, 0.25) is 0 Å². The van der Waals surface area contributed by atoms with Gasteiger partial charge in [0, 0.05) is 51.8 Å². The fourth-order valence-corrected chi connectivity index (χ4v) is 3.00. The monoisotopic (exact) mass is 325 g/mol. The van der Waals surface area contributed by atoms with Gasteiger partial charge in [0.1, 0.15) is 5.82 Å². The lowest BCUT2D eigenvalue weighted by molar-refractivity contribution is 0.0719. The summed E-state index contributed by atoms with van der Waals surface area (Å²) >= 11 is 0. The Labute approximate surface area is 142 Å². The molecule has 0 atom stereocenters. The van der Waals surface area contributed by atoms with Gasteiger partial charge in [0.2, 0.25) is 0 Å². The number of amides is 1. The van der Waals surface area contributed by atoms with Gasteiger partial charge in [0.05, 0.1) is 11.3 Å². The number of aromatic nitrogens is 2. The first-order valence-electron chi connectivity index (χ1n) is 8.23. The molecule has 3 heterocycles. The number of piperidine rings is 1. The van der Waals surface area contributed by atoms with Crippen LogP contribution in [0.5, 0.6) is 0 Å². The third kappa shape index (κ3) is 3.64. The molecule has 6 nitrogen and oxygen atoms in total. The quantitative estimate of drug-likeness (QED) is 0.934. The van der Waals surface area contributed by atoms with Crippen LogP contribution in [-0.4, -0.2) is 54.0 Å². The zero-order valence-corrected chi connectivity index (χ0v) is 14.1. The van der Waals surface area contributed by atoms with Crippen LogP contribution < -0.4 is 10.2 Å². The van der Waals surface area contributed by atoms with E-state index in [1.165, 1.54) is 0 Å². The van der Waals surface area contributed by atoms with Gasteiger partial charge < -0.3 is 15.1 Å². The van der Waals surface area contributed by atoms with Gasteiger partial charge in [-0.25, -0.2) is 4.98 Å². The fraction of sp³-hybridized carbons (Fsp3) is 0.389. The molecule has 126 valence electrons. The highest BCUT2D eigenvalue weighted by Crippen LogP contribution is 2.21. The van der Waals surface area contributed by atoms with Gasteiger partial charge >= 0.3 is 0 Å². The zero-order chi connectivity index (χ0) is 16.9. The molecule has 3 rings (SSSR count). The number of rotatable bonds is 4. The molecule has 24 heavy (non-hydrogen) atoms. The van der Waals surface area contributed by atoms with E-state index in [1.807, 2.05) is 54.4 Å². The normalized spacial score (nSPS) is 15.2. The molecule has 1 aliphatic rings. The van der Waals surface area contributed by atoms with E-state index in [1.54, 1.807) is 12.4 Å². The van der Waals surface area contributed by atoms with Crippen LogP contribution in [-0.2, 0) is 0 Å². The molecule has 1 amide bonds. The minimum Gasteiger partial charge on any atom is -0.381 e. The van der Waals surface area contributed by atoms with E-state index in [9.17, 15) is 4.79 Å². The van der Waals surface area contributed by atoms with Gasteiger partial charge in [-0.1, -0.05) is 0 Å². The zero-order valence-electron chi connectivity index (χ0n) is 14.1. The van der Waals surface area contributed by atoms with Crippen LogP contribution in [0.3, 0.4) is 0 Å². The molecule has 0 spiro atoms. The molecule has 0 bridgehead atoms. The molecule has 0 aromatic carbocycles. The summed E-state index contributed by atoms with van der Waals surface area (Å²) < 4.78 is 0. The first kappa shape index (κ1) is 16.2. The molecular formula is C18H23N5O. The second-order valence-corrected chi connectivity index (χ2v) is 6.22. The smallest absolute Gasteiger partial charge is 0.257 e. The van der Waals surface area contributed by atoms with Crippen LogP contribution in [0.25, 0.3) is 0 Å². The molecule has 1 saturated heterocycles. The SMILES string of the molecule is CN(C)c1ncccc1C(=O)N1CCC(Nc2cccnc2)CC1. The lowest BCUT2D eigenvalue weighted by Crippen LogP contribution is -2.42. The maximum atomic E-state index is 12.8. The number of pyridine rings is 2. The summed E-state index contributed by atoms with van der Waals surface area (Å²) in [5.74, 6) is 0.782. The van der Waals surface area contributed by atoms with Gasteiger partial charge in [-0.05, 0) is 37.1 Å². The van der Waals surface area contributed by atoms with Crippen molar-refractivity contribution in [3.8, 4) is 0 Å². The van der Waals surface area contributed by atoms with E-state index in [-0.39, 0.29) is 5.91 Å². The molecule has 1 N–H and O–H groups in total. The molecule has 1 fully saturated rings. The average Bonchev–Trinajstić information content (AvgIpc) is 2.62. The molecule has 2 aromatic rings. The highest BCUT2D eigenvalue weighted by molar-refractivity contribution is 5.98. The summed E-state index contributed by atoms with van der Waals surface area (Å²) in [6.07, 6.45) is 7.17. The standard InChI is InChI=1S/C18H23N5O/c1-22(2)17-16(6-4-10-20-17)18(24)23-11-7-14(8-12-23)21-15-5-3-9-19-13-15/h3-6,9-10,13-14,21H,7-8,11-12H2,1-2H3. The van der Waals surface area contributed by atoms with E-state index in [2.05, 4.69) is 15.3 Å². The predicted molar refractivity (Wildman–Crippen MR) is 95.3 cm³/mol. The van der Waals surface area contributed by atoms with E-state index in [0.29, 0.717) is 11.6 Å². The largest absolute Gasteiger partial charge is 0.381 e. The van der Waals surface area contributed by atoms with Crippen molar-refractivity contribution in [1.29, 1.82) is 0 Å². The van der Waals surface area contributed by atoms with Crippen molar-refractivity contribution >= 4 is 17.4 Å². The van der Waals surface area contributed by atoms with E-state index in [0.717, 1.165) is 37.4 Å². The average molecular weight is 325 g/mol. The van der Waals surface area contributed by atoms with Crippen LogP contribution in [0, 0.1) is 0 Å². The first-order chi connectivity index (χ1) is 11.6. The van der Waals surface area contributed by atoms with E-state index >= 15 is 0 Å². The van der Waals surface area contributed by atoms with Crippen LogP contribution in [0.4, 0.5) is 11.5 Å². The number of nitrogens with one attached hydrogen (secondary N) is 1. The number of nitrogens with zero attached hydrogens (tertiary/aromatic N) is 4. The van der Waals surface area contributed by atoms with Gasteiger partial charge in [-0.15, -0.1) is 0 Å². The van der Waals surface area contributed by atoms with E-state index < -0.39 is 0 Å². The van der Waals surface area contributed by atoms with Crippen LogP contribution >= 0.6 is 0 Å². The Morgan fingerprint density at radius 2 is 1.96 bits per heavy atom. The van der Waals surface area contributed by atoms with Crippen LogP contribution in [0.15, 0.2) is 42.9 Å². The molecule has 0 aliphatic carbocycles. The lowest BCUT2D eigenvalue weighted by atomic mass is 10.0. The van der Waals surface area contributed by atoms with Crippen molar-refractivity contribution < 1.29 is 4.79 Å². The lowest BCUT2D eigenvalue weighted by Gasteiger charge is -2.33. The van der Waals surface area contributed by atoms with Crippen LogP contribution in [0.1, 0.15) is 23.2 Å². The second-order valence-electron chi connectivity index (χ2n) is 6.22. The number of carbonyl (C=O) groups is 1. The highest BCUT2D eigenvalue weighted by Gasteiger charge is 2.25. The Balaban J connectivity index is 1.61. The van der Waals surface area contributed by atoms with Crippen molar-refractivity contribution in [2.45, 2.75) is 18.9 Å². The molecule has 0 radical (unpaired) electrons. The summed E-state index contributed by atoms with van der Waals surface area (Å²) in [5.41, 5.74) is 1.70. The third-order valence-electron chi connectivity index (χ3n) is 4.26. The first-order valence-corrected chi connectivity index (χ1v) is 8.23. The maximum absolute atomic E-state index is 12.8. The van der Waals surface area contributed by atoms with Crippen molar-refractivity contribution in [1.82, 2.24) is 14.9 Å². The summed E-state index contributed by atoms with van der Waals surface area (Å²) in [6.45, 7) is 1.50. The Morgan fingerprint density at radius 1 is 1.21 bits per heavy atom. The molecule has 0 unspecified atom stereocenters. The number of likely N-dealkylation sites (tertiary alicyclic amines) is 1. The highest BCUT2D eigenvalue weighted by atomic mass is 16.2. The summed E-state index contributed by atoms with van der Waals surface area (Å²) in [5, 5.41) is 3.49. The number of hydrogen-bond acceptors (Lipinski definition) is 5. The molecule has 6 heteroatoms. The van der Waals surface area contributed by atoms with E-state index in [4.69, 9.17) is 0 Å². The number of anilines is 2. The number of hydrogen-bond donors (Lipinski definition) is 1. The topological polar surface area (TPSA) is 61.4 Å². The number of carbonyl (C=O) groups excluding carboxylic acids is 1. The molecule has 1 aliphatic heterocycles. The van der Waals surface area contributed by atoms with Gasteiger partial charge in [0.15, 0.2) is 0 Å². The maximum Gasteiger partial charge on any atom is 0.257 e. The van der Waals surface area contributed by atoms with Crippen molar-refractivity contribution in [2.75, 3.05) is 37.4 Å². The fourth-order valence-electron chi connectivity index (χ4n) is 3.00. The Kier molecular flexibility index (Phi) is 4.93. The van der Waals surface area contributed by atoms with Gasteiger partial charge in [-0.2, -0.15) is 0 Å². The summed E-state index contributed by atoms with van der Waals surface area (Å²) in [7, 11) is 3.81. The Bertz CT molecular complexity index is 681. The summed E-state index contributed by atoms with van der Waals surface area (Å²) in [6, 6.07) is 7.98. The minimum atomic E-state index is 0.0617. The van der Waals surface area contributed by atoms with Gasteiger partial charge in [-0.3, -0.25) is 9.78 Å². The Morgan fingerprint density at radius 3 is 2.62 bits per heavy atom.